The number of allylic oxidation sites excluding steroid dienone is 1. The number of unbranched alkanes of at least 4 members (excludes halogenated alkanes) is 1. The molecule has 0 bridgehead atoms. The first kappa shape index (κ1) is 18.4. The first-order valence-corrected chi connectivity index (χ1v) is 9.24. The molecule has 1 atom stereocenters. The number of hydrogen-bond acceptors (Lipinski definition) is 6. The molecule has 0 saturated heterocycles. The molecule has 1 aromatic heterocycles. The number of nitrogens with zero attached hydrogens (tertiary/aromatic N) is 3. The van der Waals surface area contributed by atoms with E-state index >= 15 is 0 Å². The molecule has 1 aromatic carbocycles. The highest BCUT2D eigenvalue weighted by Gasteiger charge is 2.36. The van der Waals surface area contributed by atoms with Gasteiger partial charge in [0.1, 0.15) is 18.1 Å². The van der Waals surface area contributed by atoms with Gasteiger partial charge in [-0.3, -0.25) is 0 Å². The zero-order valence-corrected chi connectivity index (χ0v) is 16.5. The van der Waals surface area contributed by atoms with E-state index in [4.69, 9.17) is 9.47 Å². The molecule has 26 heavy (non-hydrogen) atoms. The molecule has 0 fully saturated rings. The summed E-state index contributed by atoms with van der Waals surface area (Å²) in [4.78, 5) is 17.1. The van der Waals surface area contributed by atoms with Gasteiger partial charge in [-0.05, 0) is 31.5 Å². The van der Waals surface area contributed by atoms with E-state index in [1.165, 1.54) is 6.33 Å². The van der Waals surface area contributed by atoms with Crippen LogP contribution in [-0.2, 0) is 9.53 Å². The number of benzene rings is 1. The topological polar surface area (TPSA) is 78.3 Å². The number of halogens is 1. The number of nitrogens with one attached hydrogen (secondary N) is 1. The maximum absolute atomic E-state index is 12.8. The third-order valence-corrected chi connectivity index (χ3v) is 4.72. The molecule has 0 aliphatic carbocycles. The smallest absolute Gasteiger partial charge is 0.338 e. The van der Waals surface area contributed by atoms with Gasteiger partial charge < -0.3 is 14.8 Å². The monoisotopic (exact) mass is 420 g/mol. The van der Waals surface area contributed by atoms with E-state index in [2.05, 4.69) is 38.3 Å². The first-order valence-electron chi connectivity index (χ1n) is 8.44. The Kier molecular flexibility index (Phi) is 5.61. The molecule has 8 heteroatoms. The van der Waals surface area contributed by atoms with Crippen molar-refractivity contribution < 1.29 is 14.3 Å². The molecule has 3 rings (SSSR count). The Hall–Kier alpha value is -2.35. The Bertz CT molecular complexity index is 847. The number of carbonyl (C=O) groups is 1. The third kappa shape index (κ3) is 3.46. The lowest BCUT2D eigenvalue weighted by molar-refractivity contribution is -0.139. The fourth-order valence-corrected chi connectivity index (χ4v) is 3.33. The number of esters is 1. The largest absolute Gasteiger partial charge is 0.496 e. The average molecular weight is 421 g/mol. The maximum Gasteiger partial charge on any atom is 0.338 e. The van der Waals surface area contributed by atoms with Crippen LogP contribution in [0.15, 0.2) is 40.3 Å². The van der Waals surface area contributed by atoms with Gasteiger partial charge in [0.15, 0.2) is 0 Å². The second-order valence-electron chi connectivity index (χ2n) is 5.97. The zero-order valence-electron chi connectivity index (χ0n) is 15.0. The summed E-state index contributed by atoms with van der Waals surface area (Å²) in [6, 6.07) is 5.18. The van der Waals surface area contributed by atoms with Gasteiger partial charge in [-0.1, -0.05) is 29.3 Å². The zero-order chi connectivity index (χ0) is 18.7. The molecule has 1 unspecified atom stereocenters. The van der Waals surface area contributed by atoms with E-state index in [9.17, 15) is 4.79 Å². The molecule has 2 aromatic rings. The summed E-state index contributed by atoms with van der Waals surface area (Å²) >= 11 is 3.50. The van der Waals surface area contributed by atoms with Crippen LogP contribution in [0.4, 0.5) is 5.95 Å². The number of hydrogen-bond donors (Lipinski definition) is 1. The summed E-state index contributed by atoms with van der Waals surface area (Å²) in [6.07, 6.45) is 3.24. The van der Waals surface area contributed by atoms with Crippen molar-refractivity contribution in [3.05, 3.63) is 45.8 Å². The summed E-state index contributed by atoms with van der Waals surface area (Å²) < 4.78 is 13.6. The average Bonchev–Trinajstić information content (AvgIpc) is 3.08. The maximum atomic E-state index is 12.8. The highest BCUT2D eigenvalue weighted by atomic mass is 79.9. The van der Waals surface area contributed by atoms with E-state index in [1.807, 2.05) is 25.1 Å². The molecule has 0 radical (unpaired) electrons. The predicted octanol–water partition coefficient (Wildman–Crippen LogP) is 3.68. The van der Waals surface area contributed by atoms with Crippen molar-refractivity contribution in [2.45, 2.75) is 32.7 Å². The van der Waals surface area contributed by atoms with Gasteiger partial charge in [0.25, 0.3) is 0 Å². The Balaban J connectivity index is 2.09. The SMILES string of the molecule is CCCCOC(=O)C1=C(C)Nc2ncnn2C1c1cc(Br)ccc1OC. The lowest BCUT2D eigenvalue weighted by Crippen LogP contribution is -2.30. The minimum Gasteiger partial charge on any atom is -0.496 e. The van der Waals surface area contributed by atoms with Crippen molar-refractivity contribution >= 4 is 27.8 Å². The number of carbonyl (C=O) groups excluding carboxylic acids is 1. The summed E-state index contributed by atoms with van der Waals surface area (Å²) in [5, 5.41) is 7.44. The molecule has 1 aliphatic heterocycles. The Morgan fingerprint density at radius 3 is 2.96 bits per heavy atom. The van der Waals surface area contributed by atoms with Gasteiger partial charge >= 0.3 is 5.97 Å². The predicted molar refractivity (Wildman–Crippen MR) is 101 cm³/mol. The van der Waals surface area contributed by atoms with Crippen LogP contribution >= 0.6 is 15.9 Å². The first-order chi connectivity index (χ1) is 12.6. The summed E-state index contributed by atoms with van der Waals surface area (Å²) in [7, 11) is 1.60. The third-order valence-electron chi connectivity index (χ3n) is 4.23. The fraction of sp³-hybridized carbons (Fsp3) is 0.389. The van der Waals surface area contributed by atoms with Crippen LogP contribution in [0.3, 0.4) is 0 Å². The van der Waals surface area contributed by atoms with Crippen molar-refractivity contribution in [1.82, 2.24) is 14.8 Å². The van der Waals surface area contributed by atoms with Crippen LogP contribution in [0, 0.1) is 0 Å². The standard InChI is InChI=1S/C18H21BrN4O3/c1-4-5-8-26-17(24)15-11(2)22-18-20-10-21-23(18)16(15)13-9-12(19)6-7-14(13)25-3/h6-7,9-10,16H,4-5,8H2,1-3H3,(H,20,21,22). The fourth-order valence-electron chi connectivity index (χ4n) is 2.95. The minimum absolute atomic E-state index is 0.364. The molecule has 0 saturated carbocycles. The second kappa shape index (κ2) is 7.90. The van der Waals surface area contributed by atoms with E-state index in [1.54, 1.807) is 11.8 Å². The van der Waals surface area contributed by atoms with E-state index < -0.39 is 6.04 Å². The van der Waals surface area contributed by atoms with Crippen molar-refractivity contribution in [2.75, 3.05) is 19.0 Å². The number of rotatable bonds is 6. The Morgan fingerprint density at radius 2 is 2.23 bits per heavy atom. The van der Waals surface area contributed by atoms with Crippen LogP contribution in [0.25, 0.3) is 0 Å². The van der Waals surface area contributed by atoms with Crippen molar-refractivity contribution in [3.63, 3.8) is 0 Å². The number of methoxy groups -OCH3 is 1. The number of fused-ring (bicyclic) bond motifs is 1. The molecular formula is C18H21BrN4O3. The van der Waals surface area contributed by atoms with Crippen LogP contribution in [0.5, 0.6) is 5.75 Å². The quantitative estimate of drug-likeness (QED) is 0.567. The molecule has 7 nitrogen and oxygen atoms in total. The van der Waals surface area contributed by atoms with E-state index in [0.29, 0.717) is 29.6 Å². The van der Waals surface area contributed by atoms with E-state index in [0.717, 1.165) is 22.9 Å². The molecular weight excluding hydrogens is 400 g/mol. The van der Waals surface area contributed by atoms with Crippen molar-refractivity contribution in [3.8, 4) is 5.75 Å². The van der Waals surface area contributed by atoms with Crippen LogP contribution in [-0.4, -0.2) is 34.5 Å². The Morgan fingerprint density at radius 1 is 1.42 bits per heavy atom. The summed E-state index contributed by atoms with van der Waals surface area (Å²) in [6.45, 7) is 4.28. The lowest BCUT2D eigenvalue weighted by Gasteiger charge is -2.29. The van der Waals surface area contributed by atoms with Gasteiger partial charge in [0.05, 0.1) is 19.3 Å². The molecule has 0 spiro atoms. The number of ether oxygens (including phenoxy) is 2. The Labute approximate surface area is 160 Å². The van der Waals surface area contributed by atoms with Crippen molar-refractivity contribution in [2.24, 2.45) is 0 Å². The van der Waals surface area contributed by atoms with Crippen molar-refractivity contribution in [1.29, 1.82) is 0 Å². The van der Waals surface area contributed by atoms with Crippen LogP contribution < -0.4 is 10.1 Å². The summed E-state index contributed by atoms with van der Waals surface area (Å²) in [5.74, 6) is 0.865. The lowest BCUT2D eigenvalue weighted by atomic mass is 9.95. The highest BCUT2D eigenvalue weighted by molar-refractivity contribution is 9.10. The summed E-state index contributed by atoms with van der Waals surface area (Å²) in [5.41, 5.74) is 1.99. The second-order valence-corrected chi connectivity index (χ2v) is 6.89. The molecule has 138 valence electrons. The minimum atomic E-state index is -0.490. The van der Waals surface area contributed by atoms with Gasteiger partial charge in [0, 0.05) is 15.7 Å². The molecule has 1 aliphatic rings. The highest BCUT2D eigenvalue weighted by Crippen LogP contribution is 2.40. The van der Waals surface area contributed by atoms with Crippen LogP contribution in [0.1, 0.15) is 38.3 Å². The van der Waals surface area contributed by atoms with E-state index in [-0.39, 0.29) is 5.97 Å². The van der Waals surface area contributed by atoms with Gasteiger partial charge in [-0.15, -0.1) is 0 Å². The van der Waals surface area contributed by atoms with Gasteiger partial charge in [0.2, 0.25) is 5.95 Å². The molecule has 0 amide bonds. The van der Waals surface area contributed by atoms with Gasteiger partial charge in [-0.2, -0.15) is 10.1 Å². The molecule has 2 heterocycles. The normalized spacial score (nSPS) is 16.1. The molecule has 1 N–H and O–H groups in total. The number of aromatic nitrogens is 3. The van der Waals surface area contributed by atoms with Gasteiger partial charge in [-0.25, -0.2) is 9.48 Å². The number of anilines is 1. The van der Waals surface area contributed by atoms with Crippen LogP contribution in [0.2, 0.25) is 0 Å².